The molecule has 24 heavy (non-hydrogen) atoms. The van der Waals surface area contributed by atoms with Crippen molar-refractivity contribution in [2.75, 3.05) is 6.61 Å². The first-order chi connectivity index (χ1) is 11.6. The van der Waals surface area contributed by atoms with E-state index in [1.54, 1.807) is 49.4 Å². The van der Waals surface area contributed by atoms with Crippen molar-refractivity contribution in [3.05, 3.63) is 87.8 Å². The molecule has 0 radical (unpaired) electrons. The Balaban J connectivity index is 2.27. The van der Waals surface area contributed by atoms with Gasteiger partial charge in [0.15, 0.2) is 5.78 Å². The molecule has 2 heterocycles. The van der Waals surface area contributed by atoms with Gasteiger partial charge in [-0.3, -0.25) is 14.0 Å². The van der Waals surface area contributed by atoms with Gasteiger partial charge in [0.2, 0.25) is 0 Å². The average molecular weight is 321 g/mol. The van der Waals surface area contributed by atoms with Crippen LogP contribution >= 0.6 is 0 Å². The number of esters is 1. The van der Waals surface area contributed by atoms with Gasteiger partial charge in [-0.05, 0) is 25.1 Å². The Morgan fingerprint density at radius 2 is 1.71 bits per heavy atom. The Labute approximate surface area is 138 Å². The summed E-state index contributed by atoms with van der Waals surface area (Å²) in [7, 11) is 0. The molecule has 3 rings (SSSR count). The van der Waals surface area contributed by atoms with Crippen molar-refractivity contribution < 1.29 is 14.3 Å². The summed E-state index contributed by atoms with van der Waals surface area (Å²) in [4.78, 5) is 37.4. The van der Waals surface area contributed by atoms with Gasteiger partial charge in [0, 0.05) is 17.3 Å². The summed E-state index contributed by atoms with van der Waals surface area (Å²) < 4.78 is 6.23. The van der Waals surface area contributed by atoms with Crippen LogP contribution in [0.25, 0.3) is 5.52 Å². The molecule has 0 fully saturated rings. The van der Waals surface area contributed by atoms with E-state index in [9.17, 15) is 14.4 Å². The van der Waals surface area contributed by atoms with E-state index in [0.29, 0.717) is 11.1 Å². The van der Waals surface area contributed by atoms with Crippen LogP contribution < -0.4 is 5.56 Å². The lowest BCUT2D eigenvalue weighted by Gasteiger charge is -2.10. The van der Waals surface area contributed by atoms with Gasteiger partial charge < -0.3 is 4.74 Å². The maximum absolute atomic E-state index is 12.8. The van der Waals surface area contributed by atoms with Crippen molar-refractivity contribution >= 4 is 17.3 Å². The number of carbonyl (C=O) groups excluding carboxylic acids is 2. The lowest BCUT2D eigenvalue weighted by atomic mass is 10.0. The molecule has 0 aliphatic carbocycles. The molecular formula is C19H15NO4. The first-order valence-electron chi connectivity index (χ1n) is 7.54. The molecule has 0 atom stereocenters. The number of rotatable bonds is 4. The molecule has 0 amide bonds. The number of fused-ring (bicyclic) bond motifs is 1. The SMILES string of the molecule is CCOC(=O)c1cc(C(=O)c2ccccc2)c2ccccn2c1=O. The van der Waals surface area contributed by atoms with E-state index in [1.165, 1.54) is 16.7 Å². The van der Waals surface area contributed by atoms with Crippen LogP contribution in [0.1, 0.15) is 33.2 Å². The number of ether oxygens (including phenoxy) is 1. The molecule has 1 aromatic carbocycles. The maximum Gasteiger partial charge on any atom is 0.343 e. The van der Waals surface area contributed by atoms with E-state index in [-0.39, 0.29) is 23.5 Å². The van der Waals surface area contributed by atoms with Gasteiger partial charge in [0.05, 0.1) is 12.1 Å². The minimum atomic E-state index is -0.733. The zero-order chi connectivity index (χ0) is 17.1. The maximum atomic E-state index is 12.8. The van der Waals surface area contributed by atoms with Crippen molar-refractivity contribution in [3.63, 3.8) is 0 Å². The van der Waals surface area contributed by atoms with Gasteiger partial charge in [-0.25, -0.2) is 4.79 Å². The summed E-state index contributed by atoms with van der Waals surface area (Å²) in [6.07, 6.45) is 1.53. The molecular weight excluding hydrogens is 306 g/mol. The molecule has 0 aliphatic heterocycles. The summed E-state index contributed by atoms with van der Waals surface area (Å²) in [5.74, 6) is -0.993. The number of hydrogen-bond acceptors (Lipinski definition) is 4. The van der Waals surface area contributed by atoms with Crippen LogP contribution in [0.2, 0.25) is 0 Å². The second kappa shape index (κ2) is 6.50. The van der Waals surface area contributed by atoms with E-state index in [2.05, 4.69) is 0 Å². The normalized spacial score (nSPS) is 10.5. The number of benzene rings is 1. The Morgan fingerprint density at radius 1 is 1.00 bits per heavy atom. The van der Waals surface area contributed by atoms with Crippen molar-refractivity contribution in [2.45, 2.75) is 6.92 Å². The average Bonchev–Trinajstić information content (AvgIpc) is 2.62. The van der Waals surface area contributed by atoms with E-state index in [4.69, 9.17) is 4.74 Å². The number of nitrogens with zero attached hydrogens (tertiary/aromatic N) is 1. The fourth-order valence-electron chi connectivity index (χ4n) is 2.53. The second-order valence-electron chi connectivity index (χ2n) is 5.15. The van der Waals surface area contributed by atoms with Gasteiger partial charge in [-0.15, -0.1) is 0 Å². The van der Waals surface area contributed by atoms with E-state index in [1.807, 2.05) is 6.07 Å². The Kier molecular flexibility index (Phi) is 4.24. The van der Waals surface area contributed by atoms with Crippen LogP contribution in [0.3, 0.4) is 0 Å². The van der Waals surface area contributed by atoms with Gasteiger partial charge >= 0.3 is 5.97 Å². The fourth-order valence-corrected chi connectivity index (χ4v) is 2.53. The summed E-state index contributed by atoms with van der Waals surface area (Å²) in [6, 6.07) is 15.1. The van der Waals surface area contributed by atoms with E-state index < -0.39 is 11.5 Å². The highest BCUT2D eigenvalue weighted by Crippen LogP contribution is 2.16. The third-order valence-corrected chi connectivity index (χ3v) is 3.65. The van der Waals surface area contributed by atoms with Gasteiger partial charge in [-0.1, -0.05) is 36.4 Å². The third-order valence-electron chi connectivity index (χ3n) is 3.65. The Morgan fingerprint density at radius 3 is 2.42 bits per heavy atom. The lowest BCUT2D eigenvalue weighted by molar-refractivity contribution is 0.0524. The first kappa shape index (κ1) is 15.7. The zero-order valence-electron chi connectivity index (χ0n) is 13.1. The fraction of sp³-hybridized carbons (Fsp3) is 0.105. The lowest BCUT2D eigenvalue weighted by Crippen LogP contribution is -2.25. The van der Waals surface area contributed by atoms with Gasteiger partial charge in [0.25, 0.3) is 5.56 Å². The molecule has 5 heteroatoms. The second-order valence-corrected chi connectivity index (χ2v) is 5.15. The molecule has 0 saturated carbocycles. The number of hydrogen-bond donors (Lipinski definition) is 0. The molecule has 0 saturated heterocycles. The van der Waals surface area contributed by atoms with Crippen LogP contribution in [-0.4, -0.2) is 22.8 Å². The smallest absolute Gasteiger partial charge is 0.343 e. The van der Waals surface area contributed by atoms with Crippen LogP contribution in [0.5, 0.6) is 0 Å². The topological polar surface area (TPSA) is 64.8 Å². The monoisotopic (exact) mass is 321 g/mol. The van der Waals surface area contributed by atoms with Gasteiger partial charge in [0.1, 0.15) is 5.56 Å². The molecule has 0 bridgehead atoms. The zero-order valence-corrected chi connectivity index (χ0v) is 13.1. The summed E-state index contributed by atoms with van der Waals surface area (Å²) in [5, 5.41) is 0. The number of ketones is 1. The first-order valence-corrected chi connectivity index (χ1v) is 7.54. The van der Waals surface area contributed by atoms with Crippen LogP contribution in [0, 0.1) is 0 Å². The molecule has 5 nitrogen and oxygen atoms in total. The van der Waals surface area contributed by atoms with Crippen LogP contribution in [0.15, 0.2) is 65.6 Å². The van der Waals surface area contributed by atoms with Crippen molar-refractivity contribution in [1.82, 2.24) is 4.40 Å². The molecule has 0 spiro atoms. The molecule has 2 aromatic heterocycles. The molecule has 3 aromatic rings. The van der Waals surface area contributed by atoms with E-state index in [0.717, 1.165) is 0 Å². The highest BCUT2D eigenvalue weighted by Gasteiger charge is 2.20. The summed E-state index contributed by atoms with van der Waals surface area (Å²) in [6.45, 7) is 1.81. The summed E-state index contributed by atoms with van der Waals surface area (Å²) in [5.41, 5.74) is 0.555. The highest BCUT2D eigenvalue weighted by atomic mass is 16.5. The largest absolute Gasteiger partial charge is 0.462 e. The molecule has 0 aliphatic rings. The molecule has 0 N–H and O–H groups in total. The minimum absolute atomic E-state index is 0.151. The minimum Gasteiger partial charge on any atom is -0.462 e. The third kappa shape index (κ3) is 2.72. The van der Waals surface area contributed by atoms with Crippen LogP contribution in [0.4, 0.5) is 0 Å². The quantitative estimate of drug-likeness (QED) is 0.547. The Hall–Kier alpha value is -3.21. The summed E-state index contributed by atoms with van der Waals surface area (Å²) >= 11 is 0. The molecule has 120 valence electrons. The number of carbonyl (C=O) groups is 2. The van der Waals surface area contributed by atoms with Crippen molar-refractivity contribution in [1.29, 1.82) is 0 Å². The van der Waals surface area contributed by atoms with Crippen molar-refractivity contribution in [3.8, 4) is 0 Å². The number of pyridine rings is 2. The van der Waals surface area contributed by atoms with E-state index >= 15 is 0 Å². The standard InChI is InChI=1S/C19H15NO4/c1-2-24-19(23)15-12-14(17(21)13-8-4-3-5-9-13)16-10-6-7-11-20(16)18(15)22/h3-12H,2H2,1H3. The predicted molar refractivity (Wildman–Crippen MR) is 89.5 cm³/mol. The molecule has 0 unspecified atom stereocenters. The highest BCUT2D eigenvalue weighted by molar-refractivity contribution is 6.14. The van der Waals surface area contributed by atoms with Crippen LogP contribution in [-0.2, 0) is 4.74 Å². The van der Waals surface area contributed by atoms with Gasteiger partial charge in [-0.2, -0.15) is 0 Å². The predicted octanol–water partition coefficient (Wildman–Crippen LogP) is 2.71. The Bertz CT molecular complexity index is 974. The van der Waals surface area contributed by atoms with Crippen molar-refractivity contribution in [2.24, 2.45) is 0 Å². The number of aromatic nitrogens is 1.